The Morgan fingerprint density at radius 1 is 1.14 bits per heavy atom. The average Bonchev–Trinajstić information content (AvgIpc) is 3.08. The number of benzene rings is 1. The molecule has 1 unspecified atom stereocenters. The summed E-state index contributed by atoms with van der Waals surface area (Å²) in [5, 5.41) is 6.29. The third kappa shape index (κ3) is 4.31. The van der Waals surface area contributed by atoms with Crippen molar-refractivity contribution in [2.24, 2.45) is 5.92 Å². The molecule has 1 atom stereocenters. The fourth-order valence-electron chi connectivity index (χ4n) is 3.27. The second kappa shape index (κ2) is 7.75. The molecule has 1 saturated heterocycles. The van der Waals surface area contributed by atoms with E-state index in [1.54, 1.807) is 0 Å². The van der Waals surface area contributed by atoms with Gasteiger partial charge in [0.2, 0.25) is 5.91 Å². The number of amides is 1. The zero-order valence-corrected chi connectivity index (χ0v) is 13.1. The van der Waals surface area contributed by atoms with Gasteiger partial charge in [-0.3, -0.25) is 4.79 Å². The number of nitrogens with one attached hydrogen (secondary N) is 2. The van der Waals surface area contributed by atoms with E-state index in [0.29, 0.717) is 12.7 Å². The van der Waals surface area contributed by atoms with Crippen LogP contribution in [0.25, 0.3) is 0 Å². The van der Waals surface area contributed by atoms with Crippen molar-refractivity contribution in [2.45, 2.75) is 51.2 Å². The molecular weight excluding hydrogens is 276 g/mol. The van der Waals surface area contributed by atoms with Gasteiger partial charge in [0.25, 0.3) is 0 Å². The Hall–Kier alpha value is -1.39. The van der Waals surface area contributed by atoms with E-state index in [1.165, 1.54) is 31.2 Å². The summed E-state index contributed by atoms with van der Waals surface area (Å²) in [7, 11) is 0. The van der Waals surface area contributed by atoms with Crippen LogP contribution < -0.4 is 10.6 Å². The number of carbonyl (C=O) groups excluding carboxylic acids is 1. The summed E-state index contributed by atoms with van der Waals surface area (Å²) in [6, 6.07) is 8.04. The molecule has 4 nitrogen and oxygen atoms in total. The van der Waals surface area contributed by atoms with E-state index in [4.69, 9.17) is 4.74 Å². The van der Waals surface area contributed by atoms with E-state index in [1.807, 2.05) is 24.3 Å². The third-order valence-electron chi connectivity index (χ3n) is 4.68. The highest BCUT2D eigenvalue weighted by Crippen LogP contribution is 2.22. The van der Waals surface area contributed by atoms with Crippen LogP contribution in [-0.2, 0) is 16.1 Å². The first-order valence-electron chi connectivity index (χ1n) is 8.53. The first-order valence-corrected chi connectivity index (χ1v) is 8.53. The molecule has 1 saturated carbocycles. The van der Waals surface area contributed by atoms with Crippen molar-refractivity contribution in [2.75, 3.05) is 18.4 Å². The van der Waals surface area contributed by atoms with Crippen molar-refractivity contribution in [1.82, 2.24) is 5.32 Å². The fourth-order valence-corrected chi connectivity index (χ4v) is 3.27. The Kier molecular flexibility index (Phi) is 5.46. The zero-order chi connectivity index (χ0) is 15.2. The number of hydrogen-bond donors (Lipinski definition) is 2. The Bertz CT molecular complexity index is 474. The maximum atomic E-state index is 12.2. The molecule has 0 aromatic heterocycles. The number of rotatable bonds is 5. The van der Waals surface area contributed by atoms with Crippen LogP contribution in [-0.4, -0.2) is 25.1 Å². The molecule has 4 heteroatoms. The van der Waals surface area contributed by atoms with Crippen molar-refractivity contribution in [1.29, 1.82) is 0 Å². The van der Waals surface area contributed by atoms with E-state index < -0.39 is 0 Å². The van der Waals surface area contributed by atoms with Gasteiger partial charge in [-0.1, -0.05) is 25.0 Å². The van der Waals surface area contributed by atoms with E-state index in [0.717, 1.165) is 31.6 Å². The van der Waals surface area contributed by atoms with Gasteiger partial charge in [-0.05, 0) is 49.9 Å². The van der Waals surface area contributed by atoms with Gasteiger partial charge in [-0.2, -0.15) is 0 Å². The molecule has 1 aliphatic heterocycles. The Labute approximate surface area is 132 Å². The van der Waals surface area contributed by atoms with Gasteiger partial charge in [0.05, 0.1) is 18.6 Å². The highest BCUT2D eigenvalue weighted by molar-refractivity contribution is 5.92. The number of piperidine rings is 1. The molecule has 0 spiro atoms. The quantitative estimate of drug-likeness (QED) is 0.879. The van der Waals surface area contributed by atoms with E-state index in [-0.39, 0.29) is 11.8 Å². The summed E-state index contributed by atoms with van der Waals surface area (Å²) < 4.78 is 5.91. The molecule has 22 heavy (non-hydrogen) atoms. The lowest BCUT2D eigenvalue weighted by atomic mass is 9.99. The molecule has 1 aromatic rings. The average molecular weight is 302 g/mol. The monoisotopic (exact) mass is 302 g/mol. The lowest BCUT2D eigenvalue weighted by Gasteiger charge is -2.21. The Morgan fingerprint density at radius 3 is 2.59 bits per heavy atom. The summed E-state index contributed by atoms with van der Waals surface area (Å²) in [5.41, 5.74) is 2.05. The van der Waals surface area contributed by atoms with Crippen LogP contribution in [0, 0.1) is 5.92 Å². The van der Waals surface area contributed by atoms with E-state index in [2.05, 4.69) is 10.6 Å². The fraction of sp³-hybridized carbons (Fsp3) is 0.611. The Morgan fingerprint density at radius 2 is 1.91 bits per heavy atom. The molecule has 1 aliphatic carbocycles. The van der Waals surface area contributed by atoms with Gasteiger partial charge in [0.1, 0.15) is 0 Å². The van der Waals surface area contributed by atoms with Crippen LogP contribution in [0.5, 0.6) is 0 Å². The van der Waals surface area contributed by atoms with Gasteiger partial charge >= 0.3 is 0 Å². The second-order valence-electron chi connectivity index (χ2n) is 6.45. The summed E-state index contributed by atoms with van der Waals surface area (Å²) in [5.74, 6) is 0.223. The van der Waals surface area contributed by atoms with Crippen LogP contribution in [0.4, 0.5) is 5.69 Å². The molecule has 1 amide bonds. The second-order valence-corrected chi connectivity index (χ2v) is 6.45. The number of carbonyl (C=O) groups is 1. The first-order chi connectivity index (χ1) is 10.8. The van der Waals surface area contributed by atoms with Crippen molar-refractivity contribution in [3.8, 4) is 0 Å². The van der Waals surface area contributed by atoms with Gasteiger partial charge in [0.15, 0.2) is 0 Å². The molecule has 1 heterocycles. The molecule has 2 aliphatic rings. The lowest BCUT2D eigenvalue weighted by Crippen LogP contribution is -2.37. The lowest BCUT2D eigenvalue weighted by molar-refractivity contribution is -0.120. The minimum Gasteiger partial charge on any atom is -0.374 e. The molecule has 2 fully saturated rings. The van der Waals surface area contributed by atoms with Gasteiger partial charge < -0.3 is 15.4 Å². The van der Waals surface area contributed by atoms with Crippen molar-refractivity contribution >= 4 is 11.6 Å². The minimum absolute atomic E-state index is 0.0964. The SMILES string of the molecule is O=C(Nc1ccc(COC2CCCC2)cc1)C1CCCNC1. The molecule has 3 rings (SSSR count). The predicted octanol–water partition coefficient (Wildman–Crippen LogP) is 3.08. The van der Waals surface area contributed by atoms with Crippen molar-refractivity contribution in [3.05, 3.63) is 29.8 Å². The van der Waals surface area contributed by atoms with Crippen LogP contribution in [0.2, 0.25) is 0 Å². The van der Waals surface area contributed by atoms with Crippen molar-refractivity contribution < 1.29 is 9.53 Å². The smallest absolute Gasteiger partial charge is 0.228 e. The third-order valence-corrected chi connectivity index (χ3v) is 4.68. The highest BCUT2D eigenvalue weighted by Gasteiger charge is 2.20. The molecule has 2 N–H and O–H groups in total. The topological polar surface area (TPSA) is 50.4 Å². The highest BCUT2D eigenvalue weighted by atomic mass is 16.5. The molecule has 1 aromatic carbocycles. The Balaban J connectivity index is 1.47. The van der Waals surface area contributed by atoms with Gasteiger partial charge in [-0.25, -0.2) is 0 Å². The summed E-state index contributed by atoms with van der Waals surface area (Å²) >= 11 is 0. The van der Waals surface area contributed by atoms with Gasteiger partial charge in [-0.15, -0.1) is 0 Å². The van der Waals surface area contributed by atoms with Crippen LogP contribution in [0.1, 0.15) is 44.1 Å². The first kappa shape index (κ1) is 15.5. The van der Waals surface area contributed by atoms with Crippen LogP contribution in [0.3, 0.4) is 0 Å². The number of ether oxygens (including phenoxy) is 1. The molecule has 120 valence electrons. The minimum atomic E-state index is 0.0964. The summed E-state index contributed by atoms with van der Waals surface area (Å²) in [4.78, 5) is 12.2. The zero-order valence-electron chi connectivity index (χ0n) is 13.1. The van der Waals surface area contributed by atoms with Crippen LogP contribution >= 0.6 is 0 Å². The molecular formula is C18H26N2O2. The molecule has 0 radical (unpaired) electrons. The van der Waals surface area contributed by atoms with Crippen LogP contribution in [0.15, 0.2) is 24.3 Å². The maximum absolute atomic E-state index is 12.2. The number of hydrogen-bond acceptors (Lipinski definition) is 3. The number of anilines is 1. The maximum Gasteiger partial charge on any atom is 0.228 e. The van der Waals surface area contributed by atoms with Gasteiger partial charge in [0, 0.05) is 12.2 Å². The van der Waals surface area contributed by atoms with E-state index in [9.17, 15) is 4.79 Å². The normalized spacial score (nSPS) is 22.6. The predicted molar refractivity (Wildman–Crippen MR) is 87.7 cm³/mol. The van der Waals surface area contributed by atoms with Crippen molar-refractivity contribution in [3.63, 3.8) is 0 Å². The summed E-state index contributed by atoms with van der Waals surface area (Å²) in [6.07, 6.45) is 7.49. The summed E-state index contributed by atoms with van der Waals surface area (Å²) in [6.45, 7) is 2.49. The largest absolute Gasteiger partial charge is 0.374 e. The molecule has 0 bridgehead atoms. The standard InChI is InChI=1S/C18H26N2O2/c21-18(15-4-3-11-19-12-15)20-16-9-7-14(8-10-16)13-22-17-5-1-2-6-17/h7-10,15,17,19H,1-6,11-13H2,(H,20,21). The van der Waals surface area contributed by atoms with E-state index >= 15 is 0 Å².